The lowest BCUT2D eigenvalue weighted by molar-refractivity contribution is -0.144. The number of fused-ring (bicyclic) bond motifs is 1. The molecular weight excluding hydrogens is 470 g/mol. The monoisotopic (exact) mass is 499 g/mol. The van der Waals surface area contributed by atoms with E-state index in [9.17, 15) is 9.59 Å². The number of aromatic nitrogens is 2. The molecular formula is C28H29N5O4. The molecule has 0 aliphatic heterocycles. The molecule has 4 aromatic rings. The van der Waals surface area contributed by atoms with Crippen LogP contribution in [0, 0.1) is 5.41 Å². The number of para-hydroxylation sites is 1. The van der Waals surface area contributed by atoms with E-state index in [2.05, 4.69) is 9.97 Å². The van der Waals surface area contributed by atoms with Gasteiger partial charge >= 0.3 is 12.1 Å². The maximum atomic E-state index is 13.2. The predicted molar refractivity (Wildman–Crippen MR) is 142 cm³/mol. The first-order chi connectivity index (χ1) is 17.9. The molecule has 0 bridgehead atoms. The molecule has 1 amide bonds. The highest BCUT2D eigenvalue weighted by molar-refractivity contribution is 5.96. The van der Waals surface area contributed by atoms with Gasteiger partial charge in [0.2, 0.25) is 0 Å². The minimum Gasteiger partial charge on any atom is -0.464 e. The number of aryl methyl sites for hydroxylation is 1. The normalized spacial score (nSPS) is 11.6. The third-order valence-corrected chi connectivity index (χ3v) is 5.93. The van der Waals surface area contributed by atoms with E-state index in [1.807, 2.05) is 30.3 Å². The lowest BCUT2D eigenvalue weighted by Crippen LogP contribution is -2.45. The van der Waals surface area contributed by atoms with Crippen LogP contribution in [-0.4, -0.2) is 40.5 Å². The lowest BCUT2D eigenvalue weighted by atomic mass is 10.1. The number of carbonyl (C=O) groups excluding carboxylic acids is 2. The van der Waals surface area contributed by atoms with Gasteiger partial charge in [0.1, 0.15) is 17.6 Å². The lowest BCUT2D eigenvalue weighted by Gasteiger charge is -2.27. The number of carbonyl (C=O) groups is 2. The Morgan fingerprint density at radius 1 is 1.05 bits per heavy atom. The summed E-state index contributed by atoms with van der Waals surface area (Å²) in [5, 5.41) is 7.46. The fourth-order valence-corrected chi connectivity index (χ4v) is 3.88. The molecule has 37 heavy (non-hydrogen) atoms. The second-order valence-electron chi connectivity index (χ2n) is 8.57. The molecule has 0 saturated heterocycles. The Bertz CT molecular complexity index is 1370. The number of nitrogen functional groups attached to an aromatic ring is 1. The first-order valence-electron chi connectivity index (χ1n) is 12.0. The quantitative estimate of drug-likeness (QED) is 0.124. The minimum atomic E-state index is -0.898. The summed E-state index contributed by atoms with van der Waals surface area (Å²) in [5.41, 5.74) is 9.31. The third kappa shape index (κ3) is 6.52. The van der Waals surface area contributed by atoms with E-state index in [1.54, 1.807) is 55.7 Å². The highest BCUT2D eigenvalue weighted by Gasteiger charge is 2.30. The van der Waals surface area contributed by atoms with Crippen molar-refractivity contribution in [2.75, 3.05) is 11.5 Å². The van der Waals surface area contributed by atoms with Crippen LogP contribution in [0.5, 0.6) is 5.75 Å². The molecule has 9 heteroatoms. The van der Waals surface area contributed by atoms with E-state index in [4.69, 9.17) is 20.6 Å². The largest absolute Gasteiger partial charge is 0.464 e. The van der Waals surface area contributed by atoms with Crippen LogP contribution < -0.4 is 15.4 Å². The average molecular weight is 500 g/mol. The first kappa shape index (κ1) is 25.4. The minimum absolute atomic E-state index is 0.0416. The van der Waals surface area contributed by atoms with Gasteiger partial charge in [-0.15, -0.1) is 0 Å². The van der Waals surface area contributed by atoms with Crippen LogP contribution in [0.4, 0.5) is 10.5 Å². The zero-order chi connectivity index (χ0) is 26.2. The summed E-state index contributed by atoms with van der Waals surface area (Å²) in [4.78, 5) is 34.5. The summed E-state index contributed by atoms with van der Waals surface area (Å²) in [6, 6.07) is 20.6. The molecule has 0 saturated carbocycles. The second kappa shape index (κ2) is 11.9. The van der Waals surface area contributed by atoms with Crippen LogP contribution >= 0.6 is 0 Å². The number of aromatic amines is 1. The van der Waals surface area contributed by atoms with Crippen molar-refractivity contribution in [3.8, 4) is 5.75 Å². The number of H-pyrrole nitrogens is 1. The van der Waals surface area contributed by atoms with Crippen LogP contribution in [0.3, 0.4) is 0 Å². The summed E-state index contributed by atoms with van der Waals surface area (Å²) in [5.74, 6) is -0.143. The summed E-state index contributed by atoms with van der Waals surface area (Å²) >= 11 is 0. The number of imidazole rings is 1. The molecule has 0 radical (unpaired) electrons. The molecule has 3 aromatic carbocycles. The van der Waals surface area contributed by atoms with Crippen LogP contribution in [0.1, 0.15) is 30.9 Å². The number of nitrogens with two attached hydrogens (primary N) is 1. The number of rotatable bonds is 10. The molecule has 0 aliphatic carbocycles. The number of amides is 1. The molecule has 0 spiro atoms. The summed E-state index contributed by atoms with van der Waals surface area (Å²) in [7, 11) is 0. The van der Waals surface area contributed by atoms with Crippen molar-refractivity contribution in [1.29, 1.82) is 5.41 Å². The molecule has 4 rings (SSSR count). The average Bonchev–Trinajstić information content (AvgIpc) is 3.37. The number of amidine groups is 1. The zero-order valence-corrected chi connectivity index (χ0v) is 20.5. The van der Waals surface area contributed by atoms with Crippen molar-refractivity contribution in [2.24, 2.45) is 5.73 Å². The fourth-order valence-electron chi connectivity index (χ4n) is 3.88. The van der Waals surface area contributed by atoms with Crippen LogP contribution in [0.2, 0.25) is 0 Å². The van der Waals surface area contributed by atoms with Gasteiger partial charge in [-0.05, 0) is 56.0 Å². The van der Waals surface area contributed by atoms with Crippen molar-refractivity contribution in [3.63, 3.8) is 0 Å². The number of esters is 1. The Hall–Kier alpha value is -4.66. The highest BCUT2D eigenvalue weighted by atomic mass is 16.6. The number of hydrogen-bond acceptors (Lipinski definition) is 6. The van der Waals surface area contributed by atoms with E-state index in [-0.39, 0.29) is 12.4 Å². The number of benzene rings is 3. The molecule has 1 aromatic heterocycles. The van der Waals surface area contributed by atoms with Gasteiger partial charge in [0.05, 0.1) is 24.0 Å². The maximum absolute atomic E-state index is 13.2. The second-order valence-corrected chi connectivity index (χ2v) is 8.57. The van der Waals surface area contributed by atoms with E-state index in [0.717, 1.165) is 29.4 Å². The number of anilines is 1. The summed E-state index contributed by atoms with van der Waals surface area (Å²) in [6.45, 7) is 1.86. The Balaban J connectivity index is 1.34. The maximum Gasteiger partial charge on any atom is 0.420 e. The molecule has 9 nitrogen and oxygen atoms in total. The SMILES string of the molecule is CC(C(=O)OCCCCc1ccc(C(=N)N)cc1)N(C(=O)Oc1ccc2nc[nH]c2c1)c1ccccc1. The number of ether oxygens (including phenoxy) is 2. The van der Waals surface area contributed by atoms with Gasteiger partial charge in [-0.2, -0.15) is 0 Å². The predicted octanol–water partition coefficient (Wildman–Crippen LogP) is 4.81. The van der Waals surface area contributed by atoms with Crippen molar-refractivity contribution >= 4 is 34.6 Å². The number of nitrogens with zero attached hydrogens (tertiary/aromatic N) is 2. The zero-order valence-electron chi connectivity index (χ0n) is 20.5. The topological polar surface area (TPSA) is 134 Å². The Morgan fingerprint density at radius 3 is 2.54 bits per heavy atom. The molecule has 1 atom stereocenters. The number of unbranched alkanes of at least 4 members (excludes halogenated alkanes) is 1. The third-order valence-electron chi connectivity index (χ3n) is 5.93. The fraction of sp³-hybridized carbons (Fsp3) is 0.214. The van der Waals surface area contributed by atoms with Crippen molar-refractivity contribution < 1.29 is 19.1 Å². The van der Waals surface area contributed by atoms with Gasteiger partial charge in [-0.1, -0.05) is 42.5 Å². The van der Waals surface area contributed by atoms with Crippen LogP contribution in [0.15, 0.2) is 79.1 Å². The molecule has 4 N–H and O–H groups in total. The van der Waals surface area contributed by atoms with Gasteiger partial charge in [-0.3, -0.25) is 10.3 Å². The smallest absolute Gasteiger partial charge is 0.420 e. The van der Waals surface area contributed by atoms with Crippen LogP contribution in [0.25, 0.3) is 11.0 Å². The van der Waals surface area contributed by atoms with Gasteiger partial charge in [-0.25, -0.2) is 14.6 Å². The van der Waals surface area contributed by atoms with Crippen molar-refractivity contribution in [3.05, 3.63) is 90.3 Å². The van der Waals surface area contributed by atoms with Crippen molar-refractivity contribution in [2.45, 2.75) is 32.2 Å². The number of nitrogens with one attached hydrogen (secondary N) is 2. The molecule has 0 fully saturated rings. The van der Waals surface area contributed by atoms with Gasteiger partial charge in [0.15, 0.2) is 0 Å². The van der Waals surface area contributed by atoms with Gasteiger partial charge in [0, 0.05) is 17.3 Å². The standard InChI is InChI=1S/C28H29N5O4/c1-19(27(34)36-16-6-5-7-20-10-12-21(13-11-20)26(29)30)33(22-8-3-2-4-9-22)28(35)37-23-14-15-24-25(17-23)32-18-31-24/h2-4,8-15,17-19H,5-7,16H2,1H3,(H3,29,30)(H,31,32). The van der Waals surface area contributed by atoms with Gasteiger partial charge < -0.3 is 20.2 Å². The van der Waals surface area contributed by atoms with Gasteiger partial charge in [0.25, 0.3) is 0 Å². The number of hydrogen-bond donors (Lipinski definition) is 3. The summed E-state index contributed by atoms with van der Waals surface area (Å²) in [6.07, 6.45) is 3.18. The Labute approximate surface area is 214 Å². The molecule has 1 unspecified atom stereocenters. The summed E-state index contributed by atoms with van der Waals surface area (Å²) < 4.78 is 11.1. The Morgan fingerprint density at radius 2 is 1.81 bits per heavy atom. The van der Waals surface area contributed by atoms with E-state index in [1.165, 1.54) is 4.90 Å². The highest BCUT2D eigenvalue weighted by Crippen LogP contribution is 2.23. The molecule has 1 heterocycles. The van der Waals surface area contributed by atoms with Crippen molar-refractivity contribution in [1.82, 2.24) is 9.97 Å². The van der Waals surface area contributed by atoms with E-state index < -0.39 is 18.1 Å². The molecule has 190 valence electrons. The van der Waals surface area contributed by atoms with E-state index >= 15 is 0 Å². The van der Waals surface area contributed by atoms with E-state index in [0.29, 0.717) is 23.4 Å². The van der Waals surface area contributed by atoms with Crippen LogP contribution in [-0.2, 0) is 16.0 Å². The first-order valence-corrected chi connectivity index (χ1v) is 12.0. The molecule has 0 aliphatic rings. The Kier molecular flexibility index (Phi) is 8.15.